The number of phenolic OH excluding ortho intramolecular Hbond substituents is 1. The van der Waals surface area contributed by atoms with Gasteiger partial charge in [0.15, 0.2) is 11.6 Å². The van der Waals surface area contributed by atoms with E-state index < -0.39 is 11.6 Å². The summed E-state index contributed by atoms with van der Waals surface area (Å²) < 4.78 is 19.2. The highest BCUT2D eigenvalue weighted by atomic mass is 19.1. The molecule has 1 unspecified atom stereocenters. The fraction of sp³-hybridized carbons (Fsp3) is 0.133. The van der Waals surface area contributed by atoms with Gasteiger partial charge in [0.1, 0.15) is 12.6 Å². The molecule has 0 aromatic heterocycles. The van der Waals surface area contributed by atoms with E-state index >= 15 is 0 Å². The highest BCUT2D eigenvalue weighted by Crippen LogP contribution is 2.27. The van der Waals surface area contributed by atoms with Gasteiger partial charge in [-0.05, 0) is 17.7 Å². The fourth-order valence-electron chi connectivity index (χ4n) is 2.05. The second kappa shape index (κ2) is 4.72. The molecule has 0 aliphatic carbocycles. The molecule has 4 heteroatoms. The van der Waals surface area contributed by atoms with Crippen molar-refractivity contribution in [2.75, 3.05) is 6.61 Å². The number of ether oxygens (including phenoxy) is 1. The summed E-state index contributed by atoms with van der Waals surface area (Å²) in [6, 6.07) is 14.0. The summed E-state index contributed by atoms with van der Waals surface area (Å²) in [4.78, 5) is 4.37. The van der Waals surface area contributed by atoms with Crippen LogP contribution in [0.15, 0.2) is 53.5 Å². The van der Waals surface area contributed by atoms with Crippen LogP contribution in [0.25, 0.3) is 0 Å². The zero-order valence-corrected chi connectivity index (χ0v) is 10.1. The highest BCUT2D eigenvalue weighted by molar-refractivity contribution is 5.95. The van der Waals surface area contributed by atoms with Crippen LogP contribution in [0.5, 0.6) is 5.75 Å². The predicted octanol–water partition coefficient (Wildman–Crippen LogP) is 3.05. The average Bonchev–Trinajstić information content (AvgIpc) is 2.92. The zero-order chi connectivity index (χ0) is 13.2. The van der Waals surface area contributed by atoms with Gasteiger partial charge in [-0.25, -0.2) is 9.38 Å². The lowest BCUT2D eigenvalue weighted by atomic mass is 10.1. The molecule has 2 aromatic carbocycles. The molecule has 1 heterocycles. The number of hydrogen-bond donors (Lipinski definition) is 1. The third-order valence-corrected chi connectivity index (χ3v) is 3.04. The highest BCUT2D eigenvalue weighted by Gasteiger charge is 2.24. The van der Waals surface area contributed by atoms with Crippen molar-refractivity contribution in [3.8, 4) is 5.75 Å². The molecule has 3 nitrogen and oxygen atoms in total. The number of hydrogen-bond acceptors (Lipinski definition) is 3. The van der Waals surface area contributed by atoms with Gasteiger partial charge in [0.25, 0.3) is 0 Å². The van der Waals surface area contributed by atoms with Gasteiger partial charge in [0.05, 0.1) is 5.56 Å². The van der Waals surface area contributed by atoms with E-state index in [1.807, 2.05) is 30.3 Å². The summed E-state index contributed by atoms with van der Waals surface area (Å²) >= 11 is 0. The fourth-order valence-corrected chi connectivity index (χ4v) is 2.05. The third kappa shape index (κ3) is 2.17. The van der Waals surface area contributed by atoms with E-state index in [4.69, 9.17) is 4.74 Å². The number of aliphatic imine (C=N–C) groups is 1. The molecule has 96 valence electrons. The van der Waals surface area contributed by atoms with E-state index in [1.54, 1.807) is 12.1 Å². The van der Waals surface area contributed by atoms with E-state index in [2.05, 4.69) is 4.99 Å². The van der Waals surface area contributed by atoms with Crippen LogP contribution in [-0.2, 0) is 4.74 Å². The van der Waals surface area contributed by atoms with Gasteiger partial charge in [-0.15, -0.1) is 0 Å². The van der Waals surface area contributed by atoms with Crippen molar-refractivity contribution in [2.45, 2.75) is 6.04 Å². The van der Waals surface area contributed by atoms with Gasteiger partial charge in [0, 0.05) is 0 Å². The lowest BCUT2D eigenvalue weighted by Gasteiger charge is -2.04. The molecule has 2 aromatic rings. The second-order valence-electron chi connectivity index (χ2n) is 4.31. The monoisotopic (exact) mass is 257 g/mol. The first-order valence-corrected chi connectivity index (χ1v) is 5.99. The molecule has 0 spiro atoms. The van der Waals surface area contributed by atoms with Crippen molar-refractivity contribution in [1.29, 1.82) is 0 Å². The van der Waals surface area contributed by atoms with E-state index in [0.717, 1.165) is 5.56 Å². The van der Waals surface area contributed by atoms with Crippen LogP contribution in [0, 0.1) is 5.82 Å². The molecule has 0 saturated carbocycles. The standard InChI is InChI=1S/C15H12FNO2/c16-14-11(7-4-8-13(14)18)15-17-12(9-19-15)10-5-2-1-3-6-10/h1-8,12,18H,9H2. The Hall–Kier alpha value is -2.36. The Bertz CT molecular complexity index is 625. The molecule has 0 fully saturated rings. The van der Waals surface area contributed by atoms with E-state index in [9.17, 15) is 9.50 Å². The average molecular weight is 257 g/mol. The Morgan fingerprint density at radius 2 is 1.89 bits per heavy atom. The lowest BCUT2D eigenvalue weighted by Crippen LogP contribution is -2.04. The molecular formula is C15H12FNO2. The van der Waals surface area contributed by atoms with Crippen LogP contribution < -0.4 is 0 Å². The minimum atomic E-state index is -0.699. The largest absolute Gasteiger partial charge is 0.505 e. The lowest BCUT2D eigenvalue weighted by molar-refractivity contribution is 0.318. The maximum absolute atomic E-state index is 13.8. The maximum atomic E-state index is 13.8. The Morgan fingerprint density at radius 1 is 1.11 bits per heavy atom. The molecule has 0 bridgehead atoms. The summed E-state index contributed by atoms with van der Waals surface area (Å²) in [7, 11) is 0. The van der Waals surface area contributed by atoms with E-state index in [0.29, 0.717) is 6.61 Å². The summed E-state index contributed by atoms with van der Waals surface area (Å²) in [5.41, 5.74) is 1.22. The zero-order valence-electron chi connectivity index (χ0n) is 10.1. The smallest absolute Gasteiger partial charge is 0.220 e. The van der Waals surface area contributed by atoms with Crippen LogP contribution in [0.2, 0.25) is 0 Å². The first kappa shape index (κ1) is 11.7. The van der Waals surface area contributed by atoms with Crippen LogP contribution in [0.1, 0.15) is 17.2 Å². The van der Waals surface area contributed by atoms with Gasteiger partial charge >= 0.3 is 0 Å². The number of benzene rings is 2. The number of halogens is 1. The molecule has 1 atom stereocenters. The summed E-state index contributed by atoms with van der Waals surface area (Å²) in [5, 5.41) is 9.36. The van der Waals surface area contributed by atoms with Crippen LogP contribution in [0.3, 0.4) is 0 Å². The Kier molecular flexibility index (Phi) is 2.91. The Morgan fingerprint density at radius 3 is 2.68 bits per heavy atom. The van der Waals surface area contributed by atoms with E-state index in [-0.39, 0.29) is 17.5 Å². The first-order valence-electron chi connectivity index (χ1n) is 5.99. The van der Waals surface area contributed by atoms with Crippen molar-refractivity contribution < 1.29 is 14.2 Å². The van der Waals surface area contributed by atoms with Gasteiger partial charge < -0.3 is 9.84 Å². The molecular weight excluding hydrogens is 245 g/mol. The first-order chi connectivity index (χ1) is 9.25. The Labute approximate surface area is 110 Å². The van der Waals surface area contributed by atoms with Gasteiger partial charge in [-0.3, -0.25) is 0 Å². The third-order valence-electron chi connectivity index (χ3n) is 3.04. The molecule has 1 aliphatic heterocycles. The second-order valence-corrected chi connectivity index (χ2v) is 4.31. The van der Waals surface area contributed by atoms with Gasteiger partial charge in [0.2, 0.25) is 5.90 Å². The minimum Gasteiger partial charge on any atom is -0.505 e. The van der Waals surface area contributed by atoms with Crippen LogP contribution in [-0.4, -0.2) is 17.6 Å². The van der Waals surface area contributed by atoms with E-state index in [1.165, 1.54) is 6.07 Å². The van der Waals surface area contributed by atoms with Crippen molar-refractivity contribution in [3.05, 3.63) is 65.5 Å². The topological polar surface area (TPSA) is 41.8 Å². The molecule has 19 heavy (non-hydrogen) atoms. The molecule has 1 aliphatic rings. The minimum absolute atomic E-state index is 0.127. The number of rotatable bonds is 2. The van der Waals surface area contributed by atoms with Crippen molar-refractivity contribution in [1.82, 2.24) is 0 Å². The predicted molar refractivity (Wildman–Crippen MR) is 69.7 cm³/mol. The van der Waals surface area contributed by atoms with Crippen molar-refractivity contribution in [2.24, 2.45) is 4.99 Å². The SMILES string of the molecule is Oc1cccc(C2=NC(c3ccccc3)CO2)c1F. The van der Waals surface area contributed by atoms with Crippen molar-refractivity contribution >= 4 is 5.90 Å². The summed E-state index contributed by atoms with van der Waals surface area (Å²) in [6.07, 6.45) is 0. The summed E-state index contributed by atoms with van der Waals surface area (Å²) in [5.74, 6) is -0.857. The van der Waals surface area contributed by atoms with Crippen LogP contribution >= 0.6 is 0 Å². The number of phenols is 1. The van der Waals surface area contributed by atoms with Crippen molar-refractivity contribution in [3.63, 3.8) is 0 Å². The quantitative estimate of drug-likeness (QED) is 0.898. The summed E-state index contributed by atoms with van der Waals surface area (Å²) in [6.45, 7) is 0.383. The van der Waals surface area contributed by atoms with Gasteiger partial charge in [-0.2, -0.15) is 0 Å². The maximum Gasteiger partial charge on any atom is 0.220 e. The molecule has 0 radical (unpaired) electrons. The number of aromatic hydroxyl groups is 1. The molecule has 1 N–H and O–H groups in total. The Balaban J connectivity index is 1.94. The number of nitrogens with zero attached hydrogens (tertiary/aromatic N) is 1. The van der Waals surface area contributed by atoms with Gasteiger partial charge in [-0.1, -0.05) is 36.4 Å². The van der Waals surface area contributed by atoms with Crippen LogP contribution in [0.4, 0.5) is 4.39 Å². The molecule has 0 saturated heterocycles. The normalized spacial score (nSPS) is 17.9. The molecule has 3 rings (SSSR count). The molecule has 0 amide bonds.